The van der Waals surface area contributed by atoms with Gasteiger partial charge in [-0.2, -0.15) is 5.09 Å². The lowest BCUT2D eigenvalue weighted by molar-refractivity contribution is 0.961. The first kappa shape index (κ1) is 17.7. The molecule has 0 amide bonds. The van der Waals surface area contributed by atoms with Gasteiger partial charge in [0.25, 0.3) is 0 Å². The summed E-state index contributed by atoms with van der Waals surface area (Å²) in [6, 6.07) is 43.3. The molecule has 2 heteroatoms. The molecule has 0 aliphatic rings. The van der Waals surface area contributed by atoms with Gasteiger partial charge in [0.1, 0.15) is 15.9 Å². The topological polar surface area (TPSA) is 12.0 Å². The van der Waals surface area contributed by atoms with Crippen LogP contribution in [0.5, 0.6) is 0 Å². The van der Waals surface area contributed by atoms with Crippen LogP contribution < -0.4 is 21.0 Å². The minimum absolute atomic E-state index is 0.827. The van der Waals surface area contributed by atoms with E-state index in [1.807, 2.05) is 0 Å². The van der Waals surface area contributed by atoms with Crippen molar-refractivity contribution in [3.8, 4) is 0 Å². The van der Waals surface area contributed by atoms with E-state index in [9.17, 15) is 0 Å². The van der Waals surface area contributed by atoms with Crippen LogP contribution in [-0.4, -0.2) is 0 Å². The van der Waals surface area contributed by atoms with Crippen LogP contribution in [0.25, 0.3) is 0 Å². The van der Waals surface area contributed by atoms with Gasteiger partial charge in [-0.25, -0.2) is 0 Å². The molecule has 4 aromatic carbocycles. The van der Waals surface area contributed by atoms with E-state index in [0.29, 0.717) is 0 Å². The summed E-state index contributed by atoms with van der Waals surface area (Å²) in [5.74, 6) is 0. The van der Waals surface area contributed by atoms with Crippen molar-refractivity contribution >= 4 is 23.3 Å². The maximum Gasteiger partial charge on any atom is 0.178 e. The van der Waals surface area contributed by atoms with Gasteiger partial charge in [0.2, 0.25) is 0 Å². The predicted octanol–water partition coefficient (Wildman–Crippen LogP) is 4.69. The Morgan fingerprint density at radius 2 is 0.778 bits per heavy atom. The summed E-state index contributed by atoms with van der Waals surface area (Å²) in [5.41, 5.74) is 1.30. The van der Waals surface area contributed by atoms with Gasteiger partial charge in [-0.3, -0.25) is 0 Å². The number of benzene rings is 4. The molecule has 0 bridgehead atoms. The molecule has 0 aliphatic carbocycles. The zero-order valence-electron chi connectivity index (χ0n) is 15.2. The summed E-state index contributed by atoms with van der Waals surface area (Å²) < 4.78 is 0. The largest absolute Gasteiger partial charge is 0.178 e. The Balaban J connectivity index is 1.89. The van der Waals surface area contributed by atoms with E-state index < -0.39 is 7.41 Å². The van der Waals surface area contributed by atoms with Gasteiger partial charge in [0, 0.05) is 0 Å². The Kier molecular flexibility index (Phi) is 5.44. The number of rotatable bonds is 6. The first-order chi connectivity index (χ1) is 13.4. The average molecular weight is 368 g/mol. The van der Waals surface area contributed by atoms with Crippen LogP contribution >= 0.6 is 7.41 Å². The molecule has 0 saturated carbocycles. The smallest absolute Gasteiger partial charge is 0.174 e. The van der Waals surface area contributed by atoms with Crippen LogP contribution in [0.1, 0.15) is 5.56 Å². The second kappa shape index (κ2) is 8.31. The molecule has 0 heterocycles. The van der Waals surface area contributed by atoms with Gasteiger partial charge in [-0.1, -0.05) is 84.9 Å². The van der Waals surface area contributed by atoms with Crippen LogP contribution in [-0.2, 0) is 6.54 Å². The average Bonchev–Trinajstić information content (AvgIpc) is 2.77. The molecule has 0 aliphatic heterocycles. The normalized spacial score (nSPS) is 11.3. The quantitative estimate of drug-likeness (QED) is 0.487. The number of hydrogen-bond acceptors (Lipinski definition) is 1. The van der Waals surface area contributed by atoms with Gasteiger partial charge in [-0.15, -0.1) is 0 Å². The Morgan fingerprint density at radius 1 is 0.444 bits per heavy atom. The van der Waals surface area contributed by atoms with E-state index in [4.69, 9.17) is 0 Å². The first-order valence-corrected chi connectivity index (χ1v) is 11.0. The van der Waals surface area contributed by atoms with Crippen molar-refractivity contribution in [1.82, 2.24) is 5.09 Å². The summed E-state index contributed by atoms with van der Waals surface area (Å²) in [7, 11) is -1.97. The Labute approximate surface area is 162 Å². The summed E-state index contributed by atoms with van der Waals surface area (Å²) in [6.07, 6.45) is 0. The van der Waals surface area contributed by atoms with Crippen molar-refractivity contribution in [3.63, 3.8) is 0 Å². The lowest BCUT2D eigenvalue weighted by Crippen LogP contribution is -2.40. The third-order valence-electron chi connectivity index (χ3n) is 4.79. The fraction of sp³-hybridized carbons (Fsp3) is 0.0400. The fourth-order valence-electron chi connectivity index (χ4n) is 3.48. The molecule has 4 rings (SSSR count). The second-order valence-corrected chi connectivity index (χ2v) is 9.71. The molecule has 1 N–H and O–H groups in total. The van der Waals surface area contributed by atoms with E-state index >= 15 is 0 Å². The van der Waals surface area contributed by atoms with Crippen LogP contribution in [0, 0.1) is 0 Å². The summed E-state index contributed by atoms with van der Waals surface area (Å²) >= 11 is 0. The van der Waals surface area contributed by atoms with Crippen LogP contribution in [0.3, 0.4) is 0 Å². The molecule has 0 aromatic heterocycles. The van der Waals surface area contributed by atoms with Crippen molar-refractivity contribution < 1.29 is 0 Å². The molecule has 0 spiro atoms. The van der Waals surface area contributed by atoms with Crippen LogP contribution in [0.15, 0.2) is 121 Å². The molecular weight excluding hydrogens is 345 g/mol. The van der Waals surface area contributed by atoms with E-state index in [-0.39, 0.29) is 0 Å². The number of hydrogen-bond donors (Lipinski definition) is 1. The summed E-state index contributed by atoms with van der Waals surface area (Å²) in [6.45, 7) is 0.827. The highest BCUT2D eigenvalue weighted by atomic mass is 31.2. The van der Waals surface area contributed by atoms with Crippen LogP contribution in [0.4, 0.5) is 0 Å². The maximum atomic E-state index is 4.01. The van der Waals surface area contributed by atoms with Crippen molar-refractivity contribution in [2.45, 2.75) is 6.54 Å². The zero-order chi connectivity index (χ0) is 18.4. The van der Waals surface area contributed by atoms with Gasteiger partial charge in [0.05, 0.1) is 6.54 Å². The molecule has 132 valence electrons. The minimum atomic E-state index is -1.97. The molecule has 0 atom stereocenters. The van der Waals surface area contributed by atoms with E-state index in [2.05, 4.69) is 126 Å². The van der Waals surface area contributed by atoms with Gasteiger partial charge >= 0.3 is 0 Å². The Bertz CT molecular complexity index is 857. The molecule has 0 fully saturated rings. The van der Waals surface area contributed by atoms with E-state index in [1.165, 1.54) is 21.5 Å². The Morgan fingerprint density at radius 3 is 1.15 bits per heavy atom. The molecule has 4 aromatic rings. The molecular formula is C25H23NP+. The molecule has 0 unspecified atom stereocenters. The third-order valence-corrected chi connectivity index (χ3v) is 8.64. The first-order valence-electron chi connectivity index (χ1n) is 9.24. The zero-order valence-corrected chi connectivity index (χ0v) is 16.1. The highest BCUT2D eigenvalue weighted by Gasteiger charge is 2.45. The molecule has 0 radical (unpaired) electrons. The SMILES string of the molecule is c1ccc(CN[P+](c2ccccc2)(c2ccccc2)c2ccccc2)cc1. The fourth-order valence-corrected chi connectivity index (χ4v) is 7.20. The monoisotopic (exact) mass is 368 g/mol. The van der Waals surface area contributed by atoms with Crippen molar-refractivity contribution in [2.24, 2.45) is 0 Å². The van der Waals surface area contributed by atoms with Gasteiger partial charge in [-0.05, 0) is 42.0 Å². The predicted molar refractivity (Wildman–Crippen MR) is 118 cm³/mol. The van der Waals surface area contributed by atoms with E-state index in [0.717, 1.165) is 6.54 Å². The van der Waals surface area contributed by atoms with Gasteiger partial charge < -0.3 is 0 Å². The minimum Gasteiger partial charge on any atom is -0.174 e. The van der Waals surface area contributed by atoms with Crippen molar-refractivity contribution in [2.75, 3.05) is 0 Å². The molecule has 27 heavy (non-hydrogen) atoms. The van der Waals surface area contributed by atoms with Crippen molar-refractivity contribution in [1.29, 1.82) is 0 Å². The van der Waals surface area contributed by atoms with E-state index in [1.54, 1.807) is 0 Å². The Hall–Kier alpha value is -2.73. The standard InChI is InChI=1S/C25H23NP/c1-5-13-22(14-6-1)21-26-27(23-15-7-2-8-16-23,24-17-9-3-10-18-24)25-19-11-4-12-20-25/h1-20,26H,21H2/q+1. The lowest BCUT2D eigenvalue weighted by Gasteiger charge is -2.28. The highest BCUT2D eigenvalue weighted by molar-refractivity contribution is 7.94. The molecule has 0 saturated heterocycles. The molecule has 1 nitrogen and oxygen atoms in total. The maximum absolute atomic E-state index is 4.01. The second-order valence-electron chi connectivity index (χ2n) is 6.50. The van der Waals surface area contributed by atoms with Gasteiger partial charge in [0.15, 0.2) is 7.41 Å². The highest BCUT2D eigenvalue weighted by Crippen LogP contribution is 2.51. The number of nitrogens with one attached hydrogen (secondary N) is 1. The summed E-state index contributed by atoms with van der Waals surface area (Å²) in [5, 5.41) is 8.05. The van der Waals surface area contributed by atoms with Crippen LogP contribution in [0.2, 0.25) is 0 Å². The lowest BCUT2D eigenvalue weighted by atomic mass is 10.2. The van der Waals surface area contributed by atoms with Crippen molar-refractivity contribution in [3.05, 3.63) is 127 Å². The summed E-state index contributed by atoms with van der Waals surface area (Å²) in [4.78, 5) is 0. The third kappa shape index (κ3) is 3.71.